The minimum Gasteiger partial charge on any atom is -0.325 e. The molecule has 0 bridgehead atoms. The van der Waals surface area contributed by atoms with Gasteiger partial charge in [-0.2, -0.15) is 4.31 Å². The van der Waals surface area contributed by atoms with Gasteiger partial charge in [0.2, 0.25) is 15.9 Å². The molecule has 0 fully saturated rings. The highest BCUT2D eigenvalue weighted by molar-refractivity contribution is 7.89. The molecule has 0 radical (unpaired) electrons. The van der Waals surface area contributed by atoms with E-state index in [-0.39, 0.29) is 23.9 Å². The third-order valence-electron chi connectivity index (χ3n) is 4.94. The van der Waals surface area contributed by atoms with Crippen molar-refractivity contribution < 1.29 is 13.2 Å². The number of carbonyl (C=O) groups is 1. The number of hydrogen-bond donors (Lipinski definition) is 1. The van der Waals surface area contributed by atoms with Gasteiger partial charge in [-0.25, -0.2) is 8.42 Å². The Morgan fingerprint density at radius 2 is 1.58 bits per heavy atom. The van der Waals surface area contributed by atoms with Crippen molar-refractivity contribution in [2.24, 2.45) is 0 Å². The van der Waals surface area contributed by atoms with E-state index in [1.54, 1.807) is 0 Å². The van der Waals surface area contributed by atoms with E-state index < -0.39 is 10.0 Å². The van der Waals surface area contributed by atoms with E-state index in [0.29, 0.717) is 17.1 Å². The number of anilines is 1. The number of amides is 1. The Balaban J connectivity index is 1.82. The Labute approximate surface area is 188 Å². The molecule has 0 saturated carbocycles. The van der Waals surface area contributed by atoms with Gasteiger partial charge >= 0.3 is 0 Å². The van der Waals surface area contributed by atoms with Crippen LogP contribution in [-0.4, -0.2) is 31.7 Å². The number of nitrogens with zero attached hydrogens (tertiary/aromatic N) is 1. The van der Waals surface area contributed by atoms with E-state index in [9.17, 15) is 13.2 Å². The summed E-state index contributed by atoms with van der Waals surface area (Å²) in [7, 11) is -3.88. The second-order valence-corrected chi connectivity index (χ2v) is 9.46. The SMILES string of the molecule is CCc1ccccc1NC(=O)CN(CCc1ccccc1)S(=O)(=O)c1ccc(Cl)cc1. The maximum absolute atomic E-state index is 13.3. The number of benzene rings is 3. The van der Waals surface area contributed by atoms with Crippen molar-refractivity contribution in [3.63, 3.8) is 0 Å². The van der Waals surface area contributed by atoms with Crippen molar-refractivity contribution >= 4 is 33.2 Å². The number of para-hydroxylation sites is 1. The molecule has 31 heavy (non-hydrogen) atoms. The second-order valence-electron chi connectivity index (χ2n) is 7.09. The van der Waals surface area contributed by atoms with Crippen molar-refractivity contribution in [3.05, 3.63) is 95.0 Å². The van der Waals surface area contributed by atoms with Crippen LogP contribution in [-0.2, 0) is 27.7 Å². The fraction of sp³-hybridized carbons (Fsp3) is 0.208. The number of hydrogen-bond acceptors (Lipinski definition) is 3. The summed E-state index contributed by atoms with van der Waals surface area (Å²) in [5, 5.41) is 3.30. The van der Waals surface area contributed by atoms with E-state index in [0.717, 1.165) is 17.5 Å². The van der Waals surface area contributed by atoms with Crippen LogP contribution in [0.15, 0.2) is 83.8 Å². The topological polar surface area (TPSA) is 66.5 Å². The van der Waals surface area contributed by atoms with Gasteiger partial charge in [-0.15, -0.1) is 0 Å². The standard InChI is InChI=1S/C24H25ClN2O3S/c1-2-20-10-6-7-11-23(20)26-24(28)18-27(17-16-19-8-4-3-5-9-19)31(29,30)22-14-12-21(25)13-15-22/h3-15H,2,16-18H2,1H3,(H,26,28). The number of halogens is 1. The molecular formula is C24H25ClN2O3S. The molecule has 0 aliphatic heterocycles. The molecule has 3 rings (SSSR count). The largest absolute Gasteiger partial charge is 0.325 e. The van der Waals surface area contributed by atoms with E-state index in [1.165, 1.54) is 28.6 Å². The molecule has 1 amide bonds. The minimum atomic E-state index is -3.88. The van der Waals surface area contributed by atoms with Gasteiger partial charge in [-0.1, -0.05) is 67.1 Å². The third-order valence-corrected chi connectivity index (χ3v) is 7.05. The van der Waals surface area contributed by atoms with E-state index >= 15 is 0 Å². The molecule has 0 unspecified atom stereocenters. The molecule has 7 heteroatoms. The fourth-order valence-corrected chi connectivity index (χ4v) is 4.76. The molecule has 0 aliphatic rings. The monoisotopic (exact) mass is 456 g/mol. The predicted molar refractivity (Wildman–Crippen MR) is 125 cm³/mol. The molecule has 0 saturated heterocycles. The molecule has 5 nitrogen and oxygen atoms in total. The predicted octanol–water partition coefficient (Wildman–Crippen LogP) is 4.77. The summed E-state index contributed by atoms with van der Waals surface area (Å²) in [6.45, 7) is 1.90. The summed E-state index contributed by atoms with van der Waals surface area (Å²) < 4.78 is 27.8. The van der Waals surface area contributed by atoms with Crippen LogP contribution >= 0.6 is 11.6 Å². The molecule has 0 aromatic heterocycles. The zero-order valence-electron chi connectivity index (χ0n) is 17.3. The minimum absolute atomic E-state index is 0.103. The smallest absolute Gasteiger partial charge is 0.243 e. The third kappa shape index (κ3) is 6.17. The molecule has 3 aromatic carbocycles. The first kappa shape index (κ1) is 23.0. The van der Waals surface area contributed by atoms with Crippen LogP contribution in [0.5, 0.6) is 0 Å². The van der Waals surface area contributed by atoms with Crippen molar-refractivity contribution in [3.8, 4) is 0 Å². The highest BCUT2D eigenvalue weighted by Crippen LogP contribution is 2.20. The van der Waals surface area contributed by atoms with Gasteiger partial charge in [0.15, 0.2) is 0 Å². The molecule has 0 spiro atoms. The van der Waals surface area contributed by atoms with Crippen LogP contribution in [0, 0.1) is 0 Å². The van der Waals surface area contributed by atoms with Gasteiger partial charge in [0.05, 0.1) is 11.4 Å². The van der Waals surface area contributed by atoms with Crippen LogP contribution in [0.4, 0.5) is 5.69 Å². The van der Waals surface area contributed by atoms with E-state index in [1.807, 2.05) is 61.5 Å². The van der Waals surface area contributed by atoms with Crippen LogP contribution in [0.2, 0.25) is 5.02 Å². The summed E-state index contributed by atoms with van der Waals surface area (Å²) in [4.78, 5) is 12.9. The maximum Gasteiger partial charge on any atom is 0.243 e. The number of aryl methyl sites for hydroxylation is 1. The Kier molecular flexibility index (Phi) is 7.85. The summed E-state index contributed by atoms with van der Waals surface area (Å²) >= 11 is 5.91. The van der Waals surface area contributed by atoms with E-state index in [2.05, 4.69) is 5.32 Å². The second kappa shape index (κ2) is 10.6. The average Bonchev–Trinajstić information content (AvgIpc) is 2.78. The zero-order valence-corrected chi connectivity index (χ0v) is 18.9. The Hall–Kier alpha value is -2.67. The summed E-state index contributed by atoms with van der Waals surface area (Å²) in [5.74, 6) is -0.383. The quantitative estimate of drug-likeness (QED) is 0.504. The van der Waals surface area contributed by atoms with Crippen LogP contribution < -0.4 is 5.32 Å². The molecule has 162 valence electrons. The van der Waals surface area contributed by atoms with Gasteiger partial charge < -0.3 is 5.32 Å². The van der Waals surface area contributed by atoms with Crippen LogP contribution in [0.3, 0.4) is 0 Å². The highest BCUT2D eigenvalue weighted by Gasteiger charge is 2.26. The molecule has 0 atom stereocenters. The Morgan fingerprint density at radius 3 is 2.26 bits per heavy atom. The Morgan fingerprint density at radius 1 is 0.935 bits per heavy atom. The lowest BCUT2D eigenvalue weighted by Crippen LogP contribution is -2.39. The van der Waals surface area contributed by atoms with Gasteiger partial charge in [0.1, 0.15) is 0 Å². The molecule has 0 heterocycles. The first-order valence-corrected chi connectivity index (χ1v) is 11.9. The molecule has 0 aliphatic carbocycles. The van der Waals surface area contributed by atoms with Gasteiger partial charge in [-0.3, -0.25) is 4.79 Å². The first-order valence-electron chi connectivity index (χ1n) is 10.1. The lowest BCUT2D eigenvalue weighted by Gasteiger charge is -2.22. The maximum atomic E-state index is 13.3. The Bertz CT molecular complexity index is 1120. The van der Waals surface area contributed by atoms with Gasteiger partial charge in [0, 0.05) is 17.3 Å². The number of carbonyl (C=O) groups excluding carboxylic acids is 1. The van der Waals surface area contributed by atoms with Gasteiger partial charge in [-0.05, 0) is 54.3 Å². The van der Waals surface area contributed by atoms with Crippen molar-refractivity contribution in [1.82, 2.24) is 4.31 Å². The molecule has 1 N–H and O–H groups in total. The first-order chi connectivity index (χ1) is 14.9. The number of rotatable bonds is 9. The number of nitrogens with one attached hydrogen (secondary N) is 1. The lowest BCUT2D eigenvalue weighted by atomic mass is 10.1. The zero-order chi connectivity index (χ0) is 22.3. The van der Waals surface area contributed by atoms with Crippen LogP contribution in [0.1, 0.15) is 18.1 Å². The summed E-state index contributed by atoms with van der Waals surface area (Å²) in [6, 6.07) is 23.1. The normalized spacial score (nSPS) is 11.5. The number of sulfonamides is 1. The fourth-order valence-electron chi connectivity index (χ4n) is 3.24. The molecular weight excluding hydrogens is 432 g/mol. The molecule has 3 aromatic rings. The van der Waals surface area contributed by atoms with Crippen molar-refractivity contribution in [2.45, 2.75) is 24.7 Å². The summed E-state index contributed by atoms with van der Waals surface area (Å²) in [6.07, 6.45) is 1.25. The highest BCUT2D eigenvalue weighted by atomic mass is 35.5. The van der Waals surface area contributed by atoms with Crippen LogP contribution in [0.25, 0.3) is 0 Å². The summed E-state index contributed by atoms with van der Waals surface area (Å²) in [5.41, 5.74) is 2.68. The van der Waals surface area contributed by atoms with Crippen molar-refractivity contribution in [1.29, 1.82) is 0 Å². The average molecular weight is 457 g/mol. The lowest BCUT2D eigenvalue weighted by molar-refractivity contribution is -0.116. The van der Waals surface area contributed by atoms with Gasteiger partial charge in [0.25, 0.3) is 0 Å². The van der Waals surface area contributed by atoms with E-state index in [4.69, 9.17) is 11.6 Å². The van der Waals surface area contributed by atoms with Crippen molar-refractivity contribution in [2.75, 3.05) is 18.4 Å².